The molecule has 0 spiro atoms. The highest BCUT2D eigenvalue weighted by molar-refractivity contribution is 5.76. The number of aromatic nitrogens is 3. The molecule has 0 aliphatic carbocycles. The van der Waals surface area contributed by atoms with Crippen LogP contribution in [0.15, 0.2) is 24.5 Å². The highest BCUT2D eigenvalue weighted by Crippen LogP contribution is 2.20. The van der Waals surface area contributed by atoms with Crippen molar-refractivity contribution in [3.63, 3.8) is 0 Å². The van der Waals surface area contributed by atoms with E-state index in [9.17, 15) is 4.79 Å². The number of aryl methyl sites for hydroxylation is 1. The molecule has 2 aromatic rings. The molecule has 3 rings (SSSR count). The summed E-state index contributed by atoms with van der Waals surface area (Å²) in [4.78, 5) is 18.7. The Morgan fingerprint density at radius 2 is 2.27 bits per heavy atom. The SMILES string of the molecule is CCOc1ccc2c(n1)CCN(C(=O)Cn1cc(C)cn1)C2. The van der Waals surface area contributed by atoms with Gasteiger partial charge in [-0.2, -0.15) is 5.10 Å². The summed E-state index contributed by atoms with van der Waals surface area (Å²) in [5.41, 5.74) is 3.19. The normalized spacial score (nSPS) is 13.8. The molecule has 1 aliphatic rings. The van der Waals surface area contributed by atoms with Crippen LogP contribution in [0.4, 0.5) is 0 Å². The first-order valence-corrected chi connectivity index (χ1v) is 7.54. The summed E-state index contributed by atoms with van der Waals surface area (Å²) >= 11 is 0. The van der Waals surface area contributed by atoms with Gasteiger partial charge in [0.25, 0.3) is 0 Å². The molecule has 0 saturated carbocycles. The second-order valence-electron chi connectivity index (χ2n) is 5.47. The maximum Gasteiger partial charge on any atom is 0.244 e. The molecule has 0 radical (unpaired) electrons. The lowest BCUT2D eigenvalue weighted by atomic mass is 10.1. The van der Waals surface area contributed by atoms with Crippen LogP contribution < -0.4 is 4.74 Å². The Morgan fingerprint density at radius 1 is 1.41 bits per heavy atom. The van der Waals surface area contributed by atoms with E-state index in [4.69, 9.17) is 4.74 Å². The van der Waals surface area contributed by atoms with Crippen LogP contribution in [0.5, 0.6) is 5.88 Å². The fraction of sp³-hybridized carbons (Fsp3) is 0.438. The number of pyridine rings is 1. The molecular weight excluding hydrogens is 280 g/mol. The van der Waals surface area contributed by atoms with Crippen molar-refractivity contribution in [3.8, 4) is 5.88 Å². The highest BCUT2D eigenvalue weighted by Gasteiger charge is 2.22. The van der Waals surface area contributed by atoms with Crippen LogP contribution >= 0.6 is 0 Å². The summed E-state index contributed by atoms with van der Waals surface area (Å²) in [6.07, 6.45) is 4.41. The van der Waals surface area contributed by atoms with E-state index in [0.29, 0.717) is 25.6 Å². The second kappa shape index (κ2) is 6.17. The molecule has 116 valence electrons. The first-order valence-electron chi connectivity index (χ1n) is 7.54. The second-order valence-corrected chi connectivity index (χ2v) is 5.47. The van der Waals surface area contributed by atoms with E-state index in [1.807, 2.05) is 37.1 Å². The zero-order valence-corrected chi connectivity index (χ0v) is 13.0. The van der Waals surface area contributed by atoms with Crippen molar-refractivity contribution < 1.29 is 9.53 Å². The fourth-order valence-corrected chi connectivity index (χ4v) is 2.63. The van der Waals surface area contributed by atoms with Crippen molar-refractivity contribution in [2.45, 2.75) is 33.4 Å². The number of hydrogen-bond donors (Lipinski definition) is 0. The molecule has 0 fully saturated rings. The quantitative estimate of drug-likeness (QED) is 0.860. The fourth-order valence-electron chi connectivity index (χ4n) is 2.63. The standard InChI is InChI=1S/C16H20N4O2/c1-3-22-15-5-4-13-10-19(7-6-14(13)18-15)16(21)11-20-9-12(2)8-17-20/h4-5,8-9H,3,6-7,10-11H2,1-2H3. The van der Waals surface area contributed by atoms with Gasteiger partial charge < -0.3 is 9.64 Å². The zero-order chi connectivity index (χ0) is 15.5. The molecule has 0 N–H and O–H groups in total. The minimum absolute atomic E-state index is 0.0858. The number of nitrogens with zero attached hydrogens (tertiary/aromatic N) is 4. The molecule has 6 nitrogen and oxygen atoms in total. The van der Waals surface area contributed by atoms with E-state index in [2.05, 4.69) is 10.1 Å². The number of carbonyl (C=O) groups excluding carboxylic acids is 1. The lowest BCUT2D eigenvalue weighted by Gasteiger charge is -2.28. The maximum atomic E-state index is 12.4. The maximum absolute atomic E-state index is 12.4. The van der Waals surface area contributed by atoms with Crippen molar-refractivity contribution in [2.75, 3.05) is 13.2 Å². The van der Waals surface area contributed by atoms with Crippen molar-refractivity contribution in [2.24, 2.45) is 0 Å². The molecule has 6 heteroatoms. The van der Waals surface area contributed by atoms with Crippen molar-refractivity contribution in [1.82, 2.24) is 19.7 Å². The van der Waals surface area contributed by atoms with Crippen LogP contribution in [0.2, 0.25) is 0 Å². The summed E-state index contributed by atoms with van der Waals surface area (Å²) in [7, 11) is 0. The molecule has 0 aromatic carbocycles. The summed E-state index contributed by atoms with van der Waals surface area (Å²) in [6.45, 7) is 6.10. The number of amides is 1. The molecule has 3 heterocycles. The lowest BCUT2D eigenvalue weighted by Crippen LogP contribution is -2.38. The van der Waals surface area contributed by atoms with E-state index >= 15 is 0 Å². The van der Waals surface area contributed by atoms with Gasteiger partial charge in [-0.15, -0.1) is 0 Å². The molecule has 1 amide bonds. The molecule has 2 aromatic heterocycles. The van der Waals surface area contributed by atoms with E-state index in [1.165, 1.54) is 0 Å². The molecule has 0 saturated heterocycles. The Hall–Kier alpha value is -2.37. The molecule has 22 heavy (non-hydrogen) atoms. The third-order valence-corrected chi connectivity index (χ3v) is 3.73. The third-order valence-electron chi connectivity index (χ3n) is 3.73. The van der Waals surface area contributed by atoms with E-state index in [0.717, 1.165) is 23.2 Å². The number of fused-ring (bicyclic) bond motifs is 1. The van der Waals surface area contributed by atoms with Crippen LogP contribution in [0, 0.1) is 6.92 Å². The predicted octanol–water partition coefficient (Wildman–Crippen LogP) is 1.57. The van der Waals surface area contributed by atoms with Crippen LogP contribution in [-0.4, -0.2) is 38.7 Å². The van der Waals surface area contributed by atoms with Crippen molar-refractivity contribution in [3.05, 3.63) is 41.3 Å². The van der Waals surface area contributed by atoms with Gasteiger partial charge in [-0.25, -0.2) is 4.98 Å². The Kier molecular flexibility index (Phi) is 4.09. The average Bonchev–Trinajstić information content (AvgIpc) is 2.92. The van der Waals surface area contributed by atoms with Crippen LogP contribution in [-0.2, 0) is 24.3 Å². The van der Waals surface area contributed by atoms with Gasteiger partial charge in [0, 0.05) is 31.8 Å². The van der Waals surface area contributed by atoms with Gasteiger partial charge in [0.15, 0.2) is 0 Å². The lowest BCUT2D eigenvalue weighted by molar-refractivity contribution is -0.133. The predicted molar refractivity (Wildman–Crippen MR) is 81.5 cm³/mol. The van der Waals surface area contributed by atoms with Gasteiger partial charge in [-0.1, -0.05) is 6.07 Å². The molecule has 0 bridgehead atoms. The van der Waals surface area contributed by atoms with Gasteiger partial charge in [0.1, 0.15) is 6.54 Å². The van der Waals surface area contributed by atoms with Crippen molar-refractivity contribution in [1.29, 1.82) is 0 Å². The van der Waals surface area contributed by atoms with Crippen LogP contribution in [0.25, 0.3) is 0 Å². The minimum atomic E-state index is 0.0858. The number of ether oxygens (including phenoxy) is 1. The average molecular weight is 300 g/mol. The molecular formula is C16H20N4O2. The monoisotopic (exact) mass is 300 g/mol. The van der Waals surface area contributed by atoms with Crippen molar-refractivity contribution >= 4 is 5.91 Å². The Bertz CT molecular complexity index is 681. The summed E-state index contributed by atoms with van der Waals surface area (Å²) in [5, 5.41) is 4.17. The summed E-state index contributed by atoms with van der Waals surface area (Å²) in [5.74, 6) is 0.746. The smallest absolute Gasteiger partial charge is 0.244 e. The number of hydrogen-bond acceptors (Lipinski definition) is 4. The Balaban J connectivity index is 1.67. The minimum Gasteiger partial charge on any atom is -0.478 e. The topological polar surface area (TPSA) is 60.2 Å². The van der Waals surface area contributed by atoms with Gasteiger partial charge >= 0.3 is 0 Å². The molecule has 1 aliphatic heterocycles. The van der Waals surface area contributed by atoms with Gasteiger partial charge in [-0.3, -0.25) is 9.48 Å². The van der Waals surface area contributed by atoms with Gasteiger partial charge in [0.05, 0.1) is 18.5 Å². The summed E-state index contributed by atoms with van der Waals surface area (Å²) < 4.78 is 7.11. The van der Waals surface area contributed by atoms with E-state index in [-0.39, 0.29) is 12.5 Å². The number of rotatable bonds is 4. The van der Waals surface area contributed by atoms with Crippen LogP contribution in [0.1, 0.15) is 23.7 Å². The van der Waals surface area contributed by atoms with E-state index in [1.54, 1.807) is 10.9 Å². The Labute approximate surface area is 129 Å². The van der Waals surface area contributed by atoms with Crippen LogP contribution in [0.3, 0.4) is 0 Å². The molecule has 0 unspecified atom stereocenters. The van der Waals surface area contributed by atoms with E-state index < -0.39 is 0 Å². The Morgan fingerprint density at radius 3 is 3.00 bits per heavy atom. The first-order chi connectivity index (χ1) is 10.7. The zero-order valence-electron chi connectivity index (χ0n) is 13.0. The van der Waals surface area contributed by atoms with Gasteiger partial charge in [-0.05, 0) is 25.0 Å². The third kappa shape index (κ3) is 3.10. The molecule has 0 atom stereocenters. The highest BCUT2D eigenvalue weighted by atomic mass is 16.5. The summed E-state index contributed by atoms with van der Waals surface area (Å²) in [6, 6.07) is 3.87. The van der Waals surface area contributed by atoms with Gasteiger partial charge in [0.2, 0.25) is 11.8 Å². The number of carbonyl (C=O) groups is 1. The largest absolute Gasteiger partial charge is 0.478 e. The first kappa shape index (κ1) is 14.6.